The molecule has 1 aromatic carbocycles. The molecule has 7 heteroatoms. The van der Waals surface area contributed by atoms with Crippen LogP contribution in [0.2, 0.25) is 0 Å². The number of para-hydroxylation sites is 1. The van der Waals surface area contributed by atoms with Gasteiger partial charge in [0.05, 0.1) is 23.5 Å². The second-order valence-corrected chi connectivity index (χ2v) is 5.04. The fourth-order valence-corrected chi connectivity index (χ4v) is 2.69. The first-order valence-electron chi connectivity index (χ1n) is 5.71. The molecule has 0 saturated carbocycles. The van der Waals surface area contributed by atoms with Gasteiger partial charge in [-0.05, 0) is 12.1 Å². The fourth-order valence-electron chi connectivity index (χ4n) is 2.04. The number of thiazole rings is 1. The van der Waals surface area contributed by atoms with Crippen LogP contribution in [-0.2, 0) is 11.3 Å². The number of ketones is 1. The van der Waals surface area contributed by atoms with Gasteiger partial charge in [0, 0.05) is 5.38 Å². The molecule has 0 unspecified atom stereocenters. The lowest BCUT2D eigenvalue weighted by atomic mass is 10.1. The van der Waals surface area contributed by atoms with Crippen LogP contribution in [0.5, 0.6) is 0 Å². The predicted molar refractivity (Wildman–Crippen MR) is 71.0 cm³/mol. The summed E-state index contributed by atoms with van der Waals surface area (Å²) in [6.07, 6.45) is 0. The van der Waals surface area contributed by atoms with Crippen LogP contribution in [0.4, 0.5) is 5.69 Å². The lowest BCUT2D eigenvalue weighted by molar-refractivity contribution is -0.114. The number of nitrogens with zero attached hydrogens (tertiary/aromatic N) is 2. The Morgan fingerprint density at radius 1 is 1.30 bits per heavy atom. The van der Waals surface area contributed by atoms with E-state index in [-0.39, 0.29) is 11.6 Å². The maximum Gasteiger partial charge on any atom is 0.365 e. The molecule has 0 spiro atoms. The van der Waals surface area contributed by atoms with Crippen LogP contribution in [0.1, 0.15) is 25.9 Å². The largest absolute Gasteiger partial charge is 0.476 e. The number of carboxylic acids is 1. The summed E-state index contributed by atoms with van der Waals surface area (Å²) < 4.78 is 0. The summed E-state index contributed by atoms with van der Waals surface area (Å²) in [6.45, 7) is 0.0887. The van der Waals surface area contributed by atoms with E-state index in [4.69, 9.17) is 5.11 Å². The Kier molecular flexibility index (Phi) is 2.83. The summed E-state index contributed by atoms with van der Waals surface area (Å²) in [6, 6.07) is 6.71. The summed E-state index contributed by atoms with van der Waals surface area (Å²) in [5.74, 6) is -2.27. The highest BCUT2D eigenvalue weighted by Gasteiger charge is 2.35. The van der Waals surface area contributed by atoms with Crippen molar-refractivity contribution in [3.8, 4) is 0 Å². The van der Waals surface area contributed by atoms with Gasteiger partial charge in [0.1, 0.15) is 0 Å². The number of carbonyl (C=O) groups is 3. The molecule has 6 nitrogen and oxygen atoms in total. The monoisotopic (exact) mass is 288 g/mol. The van der Waals surface area contributed by atoms with E-state index >= 15 is 0 Å². The SMILES string of the molecule is O=C(O)c1nc(CN2C(=O)C(=O)c3ccccc32)cs1. The number of aromatic nitrogens is 1. The molecule has 0 fully saturated rings. The van der Waals surface area contributed by atoms with Crippen molar-refractivity contribution in [3.05, 3.63) is 45.9 Å². The summed E-state index contributed by atoms with van der Waals surface area (Å²) in [5.41, 5.74) is 1.35. The van der Waals surface area contributed by atoms with Crippen LogP contribution in [0.15, 0.2) is 29.6 Å². The number of rotatable bonds is 3. The Hall–Kier alpha value is -2.54. The van der Waals surface area contributed by atoms with E-state index < -0.39 is 17.7 Å². The maximum atomic E-state index is 11.9. The van der Waals surface area contributed by atoms with Gasteiger partial charge in [0.2, 0.25) is 5.01 Å². The average molecular weight is 288 g/mol. The Morgan fingerprint density at radius 2 is 2.05 bits per heavy atom. The molecule has 0 aliphatic carbocycles. The standard InChI is InChI=1S/C13H8N2O4S/c16-10-8-3-1-2-4-9(8)15(12(10)17)5-7-6-20-11(14-7)13(18)19/h1-4,6H,5H2,(H,18,19). The average Bonchev–Trinajstić information content (AvgIpc) is 3.00. The van der Waals surface area contributed by atoms with E-state index in [2.05, 4.69) is 4.98 Å². The number of carboxylic acid groups (broad SMARTS) is 1. The summed E-state index contributed by atoms with van der Waals surface area (Å²) in [5, 5.41) is 10.4. The van der Waals surface area contributed by atoms with Gasteiger partial charge in [-0.25, -0.2) is 9.78 Å². The zero-order chi connectivity index (χ0) is 14.3. The van der Waals surface area contributed by atoms with Crippen molar-refractivity contribution in [2.45, 2.75) is 6.54 Å². The second-order valence-electron chi connectivity index (χ2n) is 4.19. The molecule has 0 radical (unpaired) electrons. The van der Waals surface area contributed by atoms with Gasteiger partial charge >= 0.3 is 5.97 Å². The number of hydrogen-bond donors (Lipinski definition) is 1. The lowest BCUT2D eigenvalue weighted by Crippen LogP contribution is -2.29. The van der Waals surface area contributed by atoms with Crippen LogP contribution in [0.3, 0.4) is 0 Å². The molecule has 1 amide bonds. The fraction of sp³-hybridized carbons (Fsp3) is 0.0769. The molecule has 2 heterocycles. The van der Waals surface area contributed by atoms with Crippen molar-refractivity contribution in [1.29, 1.82) is 0 Å². The molecule has 20 heavy (non-hydrogen) atoms. The van der Waals surface area contributed by atoms with E-state index in [0.717, 1.165) is 11.3 Å². The molecule has 1 aliphatic heterocycles. The normalized spacial score (nSPS) is 13.7. The lowest BCUT2D eigenvalue weighted by Gasteiger charge is -2.14. The minimum Gasteiger partial charge on any atom is -0.476 e. The zero-order valence-electron chi connectivity index (χ0n) is 10.1. The molecule has 100 valence electrons. The molecule has 1 N–H and O–H groups in total. The van der Waals surface area contributed by atoms with Gasteiger partial charge in [-0.2, -0.15) is 0 Å². The Balaban J connectivity index is 1.92. The quantitative estimate of drug-likeness (QED) is 0.866. The second kappa shape index (κ2) is 4.53. The molecule has 0 atom stereocenters. The molecule has 3 rings (SSSR count). The smallest absolute Gasteiger partial charge is 0.365 e. The molecular formula is C13H8N2O4S. The van der Waals surface area contributed by atoms with Gasteiger partial charge in [-0.15, -0.1) is 11.3 Å². The van der Waals surface area contributed by atoms with Crippen LogP contribution in [0, 0.1) is 0 Å². The van der Waals surface area contributed by atoms with Crippen molar-refractivity contribution in [1.82, 2.24) is 4.98 Å². The number of Topliss-reactive ketones (excluding diaryl/α,β-unsaturated/α-hetero) is 1. The van der Waals surface area contributed by atoms with Crippen LogP contribution < -0.4 is 4.90 Å². The van der Waals surface area contributed by atoms with Crippen LogP contribution >= 0.6 is 11.3 Å². The summed E-state index contributed by atoms with van der Waals surface area (Å²) in [4.78, 5) is 39.8. The van der Waals surface area contributed by atoms with E-state index in [1.165, 1.54) is 4.90 Å². The topological polar surface area (TPSA) is 87.6 Å². The number of anilines is 1. The molecular weight excluding hydrogens is 280 g/mol. The number of fused-ring (bicyclic) bond motifs is 1. The van der Waals surface area contributed by atoms with Gasteiger partial charge in [-0.3, -0.25) is 14.5 Å². The van der Waals surface area contributed by atoms with Crippen molar-refractivity contribution in [3.63, 3.8) is 0 Å². The third-order valence-electron chi connectivity index (χ3n) is 2.93. The van der Waals surface area contributed by atoms with Gasteiger partial charge < -0.3 is 5.11 Å². The predicted octanol–water partition coefficient (Wildman–Crippen LogP) is 1.57. The molecule has 1 aromatic heterocycles. The van der Waals surface area contributed by atoms with Crippen LogP contribution in [-0.4, -0.2) is 27.8 Å². The zero-order valence-corrected chi connectivity index (χ0v) is 10.9. The van der Waals surface area contributed by atoms with Gasteiger partial charge in [-0.1, -0.05) is 12.1 Å². The highest BCUT2D eigenvalue weighted by atomic mass is 32.1. The van der Waals surface area contributed by atoms with E-state index in [1.54, 1.807) is 29.6 Å². The molecule has 0 bridgehead atoms. The van der Waals surface area contributed by atoms with E-state index in [1.807, 2.05) is 0 Å². The Bertz CT molecular complexity index is 737. The molecule has 0 saturated heterocycles. The van der Waals surface area contributed by atoms with Crippen molar-refractivity contribution >= 4 is 34.7 Å². The number of carbonyl (C=O) groups excluding carboxylic acids is 2. The third-order valence-corrected chi connectivity index (χ3v) is 3.81. The number of benzene rings is 1. The van der Waals surface area contributed by atoms with Crippen molar-refractivity contribution in [2.24, 2.45) is 0 Å². The number of amides is 1. The molecule has 1 aliphatic rings. The number of aromatic carboxylic acids is 1. The first kappa shape index (κ1) is 12.5. The highest BCUT2D eigenvalue weighted by Crippen LogP contribution is 2.30. The highest BCUT2D eigenvalue weighted by molar-refractivity contribution is 7.11. The molecule has 2 aromatic rings. The van der Waals surface area contributed by atoms with Gasteiger partial charge in [0.25, 0.3) is 11.7 Å². The minimum atomic E-state index is -1.11. The van der Waals surface area contributed by atoms with E-state index in [0.29, 0.717) is 16.9 Å². The van der Waals surface area contributed by atoms with Crippen LogP contribution in [0.25, 0.3) is 0 Å². The van der Waals surface area contributed by atoms with Crippen molar-refractivity contribution in [2.75, 3.05) is 4.90 Å². The summed E-state index contributed by atoms with van der Waals surface area (Å²) in [7, 11) is 0. The maximum absolute atomic E-state index is 11.9. The van der Waals surface area contributed by atoms with Crippen molar-refractivity contribution < 1.29 is 19.5 Å². The minimum absolute atomic E-state index is 0.0359. The first-order chi connectivity index (χ1) is 9.58. The Labute approximate surface area is 117 Å². The van der Waals surface area contributed by atoms with Gasteiger partial charge in [0.15, 0.2) is 0 Å². The Morgan fingerprint density at radius 3 is 2.75 bits per heavy atom. The number of hydrogen-bond acceptors (Lipinski definition) is 5. The third kappa shape index (κ3) is 1.88. The first-order valence-corrected chi connectivity index (χ1v) is 6.59. The van der Waals surface area contributed by atoms with E-state index in [9.17, 15) is 14.4 Å². The summed E-state index contributed by atoms with van der Waals surface area (Å²) >= 11 is 0.991.